The minimum atomic E-state index is -0.0806. The molecule has 1 N–H and O–H groups in total. The Morgan fingerprint density at radius 2 is 2.11 bits per heavy atom. The number of carbonyl (C=O) groups excluding carboxylic acids is 1. The van der Waals surface area contributed by atoms with Crippen molar-refractivity contribution in [2.75, 3.05) is 0 Å². The Hall–Kier alpha value is -0.000000000000000111. The summed E-state index contributed by atoms with van der Waals surface area (Å²) in [5.74, 6) is 0.611. The molecule has 5 heteroatoms. The van der Waals surface area contributed by atoms with Crippen molar-refractivity contribution in [1.82, 2.24) is 5.32 Å². The fourth-order valence-corrected chi connectivity index (χ4v) is 3.37. The van der Waals surface area contributed by atoms with Gasteiger partial charge in [0.25, 0.3) is 5.91 Å². The van der Waals surface area contributed by atoms with E-state index in [1.807, 2.05) is 0 Å². The van der Waals surface area contributed by atoms with E-state index in [-0.39, 0.29) is 11.9 Å². The highest BCUT2D eigenvalue weighted by molar-refractivity contribution is 14.1. The largest absolute Gasteiger partial charge is 0.349 e. The Morgan fingerprint density at radius 3 is 2.72 bits per heavy atom. The van der Waals surface area contributed by atoms with Gasteiger partial charge < -0.3 is 5.32 Å². The highest BCUT2D eigenvalue weighted by Gasteiger charge is 2.24. The zero-order valence-corrected chi connectivity index (χ0v) is 13.6. The molecule has 0 aromatic heterocycles. The Morgan fingerprint density at radius 1 is 1.39 bits per heavy atom. The van der Waals surface area contributed by atoms with Crippen LogP contribution in [-0.4, -0.2) is 11.9 Å². The average Bonchev–Trinajstić information content (AvgIpc) is 2.69. The van der Waals surface area contributed by atoms with Gasteiger partial charge in [-0.05, 0) is 59.9 Å². The lowest BCUT2D eigenvalue weighted by Crippen LogP contribution is -2.33. The maximum atomic E-state index is 12.2. The number of carbonyl (C=O) groups is 1. The molecule has 0 saturated heterocycles. The molecule has 98 valence electrons. The minimum Gasteiger partial charge on any atom is -0.349 e. The smallest absolute Gasteiger partial charge is 0.252 e. The van der Waals surface area contributed by atoms with Gasteiger partial charge in [0.05, 0.1) is 10.6 Å². The second kappa shape index (κ2) is 5.97. The molecule has 1 aromatic carbocycles. The van der Waals surface area contributed by atoms with Gasteiger partial charge in [0.2, 0.25) is 0 Å². The summed E-state index contributed by atoms with van der Waals surface area (Å²) in [4.78, 5) is 12.2. The van der Waals surface area contributed by atoms with Gasteiger partial charge in [-0.3, -0.25) is 4.79 Å². The SMILES string of the molecule is CC1CCC(NC(=O)c2cc(Cl)cc(Cl)c2I)C1. The third kappa shape index (κ3) is 3.31. The van der Waals surface area contributed by atoms with Gasteiger partial charge in [-0.1, -0.05) is 30.1 Å². The third-order valence-electron chi connectivity index (χ3n) is 3.27. The molecule has 2 unspecified atom stereocenters. The molecule has 1 saturated carbocycles. The first-order chi connectivity index (χ1) is 8.47. The minimum absolute atomic E-state index is 0.0806. The molecule has 2 nitrogen and oxygen atoms in total. The monoisotopic (exact) mass is 397 g/mol. The average molecular weight is 398 g/mol. The summed E-state index contributed by atoms with van der Waals surface area (Å²) in [7, 11) is 0. The van der Waals surface area contributed by atoms with Crippen molar-refractivity contribution in [2.24, 2.45) is 5.92 Å². The van der Waals surface area contributed by atoms with Gasteiger partial charge in [-0.2, -0.15) is 0 Å². The summed E-state index contributed by atoms with van der Waals surface area (Å²) in [6, 6.07) is 3.60. The number of halogens is 3. The fourth-order valence-electron chi connectivity index (χ4n) is 2.32. The van der Waals surface area contributed by atoms with Crippen LogP contribution in [0.2, 0.25) is 10.0 Å². The van der Waals surface area contributed by atoms with Crippen LogP contribution in [-0.2, 0) is 0 Å². The number of nitrogens with one attached hydrogen (secondary N) is 1. The van der Waals surface area contributed by atoms with Crippen LogP contribution in [0.3, 0.4) is 0 Å². The zero-order chi connectivity index (χ0) is 13.3. The maximum absolute atomic E-state index is 12.2. The Labute approximate surface area is 131 Å². The van der Waals surface area contributed by atoms with Crippen LogP contribution < -0.4 is 5.32 Å². The van der Waals surface area contributed by atoms with Gasteiger partial charge in [0.1, 0.15) is 0 Å². The van der Waals surface area contributed by atoms with Gasteiger partial charge in [-0.15, -0.1) is 0 Å². The highest BCUT2D eigenvalue weighted by atomic mass is 127. The maximum Gasteiger partial charge on any atom is 0.252 e. The van der Waals surface area contributed by atoms with E-state index in [9.17, 15) is 4.79 Å². The van der Waals surface area contributed by atoms with Crippen LogP contribution in [0.15, 0.2) is 12.1 Å². The van der Waals surface area contributed by atoms with Crippen molar-refractivity contribution in [3.8, 4) is 0 Å². The molecular formula is C13H14Cl2INO. The number of amides is 1. The van der Waals surface area contributed by atoms with Crippen LogP contribution in [0.1, 0.15) is 36.5 Å². The molecular weight excluding hydrogens is 384 g/mol. The molecule has 2 atom stereocenters. The molecule has 0 radical (unpaired) electrons. The Kier molecular flexibility index (Phi) is 4.78. The summed E-state index contributed by atoms with van der Waals surface area (Å²) in [6.45, 7) is 2.21. The number of hydrogen-bond acceptors (Lipinski definition) is 1. The van der Waals surface area contributed by atoms with Crippen molar-refractivity contribution in [2.45, 2.75) is 32.2 Å². The first-order valence-electron chi connectivity index (χ1n) is 5.92. The van der Waals surface area contributed by atoms with E-state index < -0.39 is 0 Å². The van der Waals surface area contributed by atoms with E-state index in [1.54, 1.807) is 12.1 Å². The Bertz CT molecular complexity index is 478. The predicted octanol–water partition coefficient (Wildman–Crippen LogP) is 4.52. The Balaban J connectivity index is 2.14. The zero-order valence-electron chi connectivity index (χ0n) is 9.97. The first kappa shape index (κ1) is 14.4. The molecule has 1 aliphatic carbocycles. The van der Waals surface area contributed by atoms with Gasteiger partial charge in [-0.25, -0.2) is 0 Å². The van der Waals surface area contributed by atoms with E-state index in [0.717, 1.165) is 16.4 Å². The van der Waals surface area contributed by atoms with Crippen LogP contribution in [0.4, 0.5) is 0 Å². The molecule has 2 rings (SSSR count). The molecule has 1 amide bonds. The molecule has 1 aliphatic rings. The van der Waals surface area contributed by atoms with Crippen LogP contribution in [0, 0.1) is 9.49 Å². The lowest BCUT2D eigenvalue weighted by Gasteiger charge is -2.14. The third-order valence-corrected chi connectivity index (χ3v) is 5.26. The van der Waals surface area contributed by atoms with E-state index in [4.69, 9.17) is 23.2 Å². The summed E-state index contributed by atoms with van der Waals surface area (Å²) in [6.07, 6.45) is 3.28. The van der Waals surface area contributed by atoms with Gasteiger partial charge >= 0.3 is 0 Å². The summed E-state index contributed by atoms with van der Waals surface area (Å²) < 4.78 is 0.752. The van der Waals surface area contributed by atoms with Crippen LogP contribution in [0.5, 0.6) is 0 Å². The lowest BCUT2D eigenvalue weighted by atomic mass is 10.1. The van der Waals surface area contributed by atoms with Crippen molar-refractivity contribution in [3.05, 3.63) is 31.3 Å². The van der Waals surface area contributed by atoms with E-state index in [1.165, 1.54) is 6.42 Å². The van der Waals surface area contributed by atoms with Crippen molar-refractivity contribution in [3.63, 3.8) is 0 Å². The molecule has 0 heterocycles. The standard InChI is InChI=1S/C13H14Cl2INO/c1-7-2-3-9(4-7)17-13(18)10-5-8(14)6-11(15)12(10)16/h5-7,9H,2-4H2,1H3,(H,17,18). The molecule has 18 heavy (non-hydrogen) atoms. The summed E-state index contributed by atoms with van der Waals surface area (Å²) in [5, 5.41) is 4.07. The van der Waals surface area contributed by atoms with Crippen LogP contribution >= 0.6 is 45.8 Å². The molecule has 0 bridgehead atoms. The van der Waals surface area contributed by atoms with E-state index >= 15 is 0 Å². The van der Waals surface area contributed by atoms with Crippen molar-refractivity contribution >= 4 is 51.7 Å². The van der Waals surface area contributed by atoms with Crippen LogP contribution in [0.25, 0.3) is 0 Å². The van der Waals surface area contributed by atoms with Gasteiger partial charge in [0.15, 0.2) is 0 Å². The molecule has 1 aromatic rings. The summed E-state index contributed by atoms with van der Waals surface area (Å²) in [5.41, 5.74) is 0.563. The summed E-state index contributed by atoms with van der Waals surface area (Å²) >= 11 is 14.0. The fraction of sp³-hybridized carbons (Fsp3) is 0.462. The molecule has 1 fully saturated rings. The predicted molar refractivity (Wildman–Crippen MR) is 83.4 cm³/mol. The highest BCUT2D eigenvalue weighted by Crippen LogP contribution is 2.28. The molecule has 0 spiro atoms. The molecule has 0 aliphatic heterocycles. The van der Waals surface area contributed by atoms with Gasteiger partial charge in [0, 0.05) is 14.6 Å². The van der Waals surface area contributed by atoms with E-state index in [2.05, 4.69) is 34.8 Å². The number of benzene rings is 1. The lowest BCUT2D eigenvalue weighted by molar-refractivity contribution is 0.0936. The second-order valence-corrected chi connectivity index (χ2v) is 6.76. The van der Waals surface area contributed by atoms with Crippen molar-refractivity contribution in [1.29, 1.82) is 0 Å². The number of hydrogen-bond donors (Lipinski definition) is 1. The van der Waals surface area contributed by atoms with E-state index in [0.29, 0.717) is 21.5 Å². The second-order valence-electron chi connectivity index (χ2n) is 4.84. The quantitative estimate of drug-likeness (QED) is 0.577. The normalized spacial score (nSPS) is 23.1. The van der Waals surface area contributed by atoms with Crippen molar-refractivity contribution < 1.29 is 4.79 Å². The first-order valence-corrected chi connectivity index (χ1v) is 7.76. The topological polar surface area (TPSA) is 29.1 Å². The number of rotatable bonds is 2.